The second-order valence-corrected chi connectivity index (χ2v) is 9.18. The van der Waals surface area contributed by atoms with Gasteiger partial charge in [0.2, 0.25) is 11.8 Å². The molecule has 4 unspecified atom stereocenters. The van der Waals surface area contributed by atoms with E-state index in [2.05, 4.69) is 5.32 Å². The standard InChI is InChI=1S/C26H28N2O6/c1-4-14-7-6-8-15(5-2)22(14)28-23(29)19-20(24(28)30)26(3,25(31)32)27-21(19)16-9-10-17-18(13-16)34-12-11-33-17/h6-10,13,19-21,27H,4-5,11-12H2,1-3H3,(H,31,32). The molecule has 3 aliphatic rings. The van der Waals surface area contributed by atoms with Crippen molar-refractivity contribution in [1.82, 2.24) is 5.32 Å². The van der Waals surface area contributed by atoms with Gasteiger partial charge in [0, 0.05) is 6.04 Å². The SMILES string of the molecule is CCc1cccc(CC)c1N1C(=O)C2C(c3ccc4c(c3)OCCO4)NC(C)(C(=O)O)C2C1=O. The van der Waals surface area contributed by atoms with Gasteiger partial charge in [0.05, 0.1) is 17.5 Å². The van der Waals surface area contributed by atoms with E-state index >= 15 is 0 Å². The van der Waals surface area contributed by atoms with Gasteiger partial charge in [-0.05, 0) is 48.6 Å². The van der Waals surface area contributed by atoms with Gasteiger partial charge in [0.15, 0.2) is 11.5 Å². The first-order chi connectivity index (χ1) is 16.3. The molecule has 0 saturated carbocycles. The summed E-state index contributed by atoms with van der Waals surface area (Å²) in [5.74, 6) is -2.75. The lowest BCUT2D eigenvalue weighted by atomic mass is 9.80. The molecule has 34 heavy (non-hydrogen) atoms. The number of nitrogens with one attached hydrogen (secondary N) is 1. The largest absolute Gasteiger partial charge is 0.486 e. The molecular formula is C26H28N2O6. The third-order valence-electron chi connectivity index (χ3n) is 7.35. The zero-order valence-corrected chi connectivity index (χ0v) is 19.5. The number of carbonyl (C=O) groups is 3. The fourth-order valence-corrected chi connectivity index (χ4v) is 5.60. The highest BCUT2D eigenvalue weighted by atomic mass is 16.6. The summed E-state index contributed by atoms with van der Waals surface area (Å²) in [4.78, 5) is 41.4. The minimum Gasteiger partial charge on any atom is -0.486 e. The summed E-state index contributed by atoms with van der Waals surface area (Å²) in [5, 5.41) is 13.3. The van der Waals surface area contributed by atoms with Gasteiger partial charge in [0.1, 0.15) is 18.8 Å². The molecule has 0 bridgehead atoms. The predicted octanol–water partition coefficient (Wildman–Crippen LogP) is 2.88. The Morgan fingerprint density at radius 1 is 1.06 bits per heavy atom. The van der Waals surface area contributed by atoms with E-state index < -0.39 is 35.3 Å². The van der Waals surface area contributed by atoms with Crippen molar-refractivity contribution >= 4 is 23.5 Å². The highest BCUT2D eigenvalue weighted by Gasteiger charge is 2.67. The number of imide groups is 1. The van der Waals surface area contributed by atoms with E-state index in [0.717, 1.165) is 11.1 Å². The molecule has 0 aromatic heterocycles. The molecule has 4 atom stereocenters. The molecule has 8 heteroatoms. The predicted molar refractivity (Wildman–Crippen MR) is 124 cm³/mol. The van der Waals surface area contributed by atoms with Crippen molar-refractivity contribution in [3.8, 4) is 11.5 Å². The molecule has 3 aliphatic heterocycles. The molecular weight excluding hydrogens is 436 g/mol. The number of ether oxygens (including phenoxy) is 2. The molecule has 2 fully saturated rings. The second kappa shape index (κ2) is 8.13. The van der Waals surface area contributed by atoms with Gasteiger partial charge < -0.3 is 14.6 Å². The number of aryl methyl sites for hydroxylation is 2. The lowest BCUT2D eigenvalue weighted by Gasteiger charge is -2.29. The van der Waals surface area contributed by atoms with E-state index in [1.54, 1.807) is 18.2 Å². The topological polar surface area (TPSA) is 105 Å². The normalized spacial score (nSPS) is 27.7. The van der Waals surface area contributed by atoms with E-state index in [0.29, 0.717) is 48.8 Å². The highest BCUT2D eigenvalue weighted by molar-refractivity contribution is 6.24. The number of carboxylic acid groups (broad SMARTS) is 1. The maximum atomic E-state index is 13.9. The molecule has 2 aromatic carbocycles. The number of nitrogens with zero attached hydrogens (tertiary/aromatic N) is 1. The van der Waals surface area contributed by atoms with Crippen LogP contribution in [-0.4, -0.2) is 41.6 Å². The lowest BCUT2D eigenvalue weighted by molar-refractivity contribution is -0.147. The van der Waals surface area contributed by atoms with Crippen LogP contribution in [0.25, 0.3) is 0 Å². The number of anilines is 1. The molecule has 5 rings (SSSR count). The fraction of sp³-hybridized carbons (Fsp3) is 0.423. The van der Waals surface area contributed by atoms with Crippen molar-refractivity contribution in [2.45, 2.75) is 45.2 Å². The lowest BCUT2D eigenvalue weighted by Crippen LogP contribution is -2.53. The van der Waals surface area contributed by atoms with Crippen LogP contribution in [0.4, 0.5) is 5.69 Å². The van der Waals surface area contributed by atoms with Crippen LogP contribution in [-0.2, 0) is 27.2 Å². The fourth-order valence-electron chi connectivity index (χ4n) is 5.60. The Hall–Kier alpha value is -3.39. The smallest absolute Gasteiger partial charge is 0.324 e. The number of benzene rings is 2. The quantitative estimate of drug-likeness (QED) is 0.656. The van der Waals surface area contributed by atoms with E-state index in [1.165, 1.54) is 11.8 Å². The summed E-state index contributed by atoms with van der Waals surface area (Å²) < 4.78 is 11.3. The van der Waals surface area contributed by atoms with Crippen LogP contribution in [0.2, 0.25) is 0 Å². The number of carboxylic acids is 1. The average Bonchev–Trinajstić information content (AvgIpc) is 3.31. The van der Waals surface area contributed by atoms with Crippen LogP contribution in [0.15, 0.2) is 36.4 Å². The van der Waals surface area contributed by atoms with Gasteiger partial charge in [-0.15, -0.1) is 0 Å². The monoisotopic (exact) mass is 464 g/mol. The average molecular weight is 465 g/mol. The Labute approximate surface area is 197 Å². The van der Waals surface area contributed by atoms with Crippen LogP contribution in [0, 0.1) is 11.8 Å². The Morgan fingerprint density at radius 2 is 1.71 bits per heavy atom. The number of rotatable bonds is 5. The first-order valence-corrected chi connectivity index (χ1v) is 11.7. The van der Waals surface area contributed by atoms with Crippen molar-refractivity contribution in [2.24, 2.45) is 11.8 Å². The molecule has 2 saturated heterocycles. The molecule has 8 nitrogen and oxygen atoms in total. The first kappa shape index (κ1) is 22.4. The Balaban J connectivity index is 1.63. The minimum atomic E-state index is -1.60. The molecule has 2 N–H and O–H groups in total. The highest BCUT2D eigenvalue weighted by Crippen LogP contribution is 2.51. The van der Waals surface area contributed by atoms with Crippen LogP contribution >= 0.6 is 0 Å². The molecule has 2 aromatic rings. The van der Waals surface area contributed by atoms with Gasteiger partial charge >= 0.3 is 5.97 Å². The zero-order chi connectivity index (χ0) is 24.2. The second-order valence-electron chi connectivity index (χ2n) is 9.18. The number of fused-ring (bicyclic) bond motifs is 2. The summed E-state index contributed by atoms with van der Waals surface area (Å²) in [6.07, 6.45) is 1.30. The van der Waals surface area contributed by atoms with Crippen molar-refractivity contribution in [3.63, 3.8) is 0 Å². The number of hydrogen-bond donors (Lipinski definition) is 2. The van der Waals surface area contributed by atoms with Crippen LogP contribution in [0.3, 0.4) is 0 Å². The molecule has 178 valence electrons. The van der Waals surface area contributed by atoms with Crippen molar-refractivity contribution in [2.75, 3.05) is 18.1 Å². The summed E-state index contributed by atoms with van der Waals surface area (Å²) >= 11 is 0. The van der Waals surface area contributed by atoms with Gasteiger partial charge in [-0.1, -0.05) is 38.1 Å². The Kier molecular flexibility index (Phi) is 5.36. The Morgan fingerprint density at radius 3 is 2.32 bits per heavy atom. The maximum absolute atomic E-state index is 13.9. The van der Waals surface area contributed by atoms with Gasteiger partial charge in [-0.2, -0.15) is 0 Å². The van der Waals surface area contributed by atoms with E-state index in [1.807, 2.05) is 32.0 Å². The molecule has 0 radical (unpaired) electrons. The summed E-state index contributed by atoms with van der Waals surface area (Å²) in [6, 6.07) is 10.4. The minimum absolute atomic E-state index is 0.372. The van der Waals surface area contributed by atoms with Crippen LogP contribution in [0.1, 0.15) is 43.5 Å². The van der Waals surface area contributed by atoms with Crippen molar-refractivity contribution in [3.05, 3.63) is 53.1 Å². The maximum Gasteiger partial charge on any atom is 0.324 e. The summed E-state index contributed by atoms with van der Waals surface area (Å²) in [6.45, 7) is 6.31. The molecule has 0 spiro atoms. The Bertz CT molecular complexity index is 1170. The van der Waals surface area contributed by atoms with Crippen molar-refractivity contribution in [1.29, 1.82) is 0 Å². The zero-order valence-electron chi connectivity index (χ0n) is 19.5. The van der Waals surface area contributed by atoms with Gasteiger partial charge in [-0.3, -0.25) is 19.7 Å². The van der Waals surface area contributed by atoms with Crippen LogP contribution in [0.5, 0.6) is 11.5 Å². The van der Waals surface area contributed by atoms with E-state index in [9.17, 15) is 19.5 Å². The third-order valence-corrected chi connectivity index (χ3v) is 7.35. The third kappa shape index (κ3) is 3.12. The van der Waals surface area contributed by atoms with Crippen LogP contribution < -0.4 is 19.7 Å². The van der Waals surface area contributed by atoms with E-state index in [-0.39, 0.29) is 5.91 Å². The molecule has 0 aliphatic carbocycles. The summed E-state index contributed by atoms with van der Waals surface area (Å²) in [7, 11) is 0. The van der Waals surface area contributed by atoms with Gasteiger partial charge in [-0.25, -0.2) is 4.90 Å². The summed E-state index contributed by atoms with van der Waals surface area (Å²) in [5.41, 5.74) is 1.47. The van der Waals surface area contributed by atoms with Gasteiger partial charge in [0.25, 0.3) is 0 Å². The number of para-hydroxylation sites is 1. The molecule has 3 heterocycles. The molecule has 2 amide bonds. The number of hydrogen-bond acceptors (Lipinski definition) is 6. The van der Waals surface area contributed by atoms with Crippen molar-refractivity contribution < 1.29 is 29.0 Å². The van der Waals surface area contributed by atoms with E-state index in [4.69, 9.17) is 9.47 Å². The number of aliphatic carboxylic acids is 1. The number of amides is 2. The first-order valence-electron chi connectivity index (χ1n) is 11.7. The number of carbonyl (C=O) groups excluding carboxylic acids is 2.